The van der Waals surface area contributed by atoms with Gasteiger partial charge in [0.25, 0.3) is 0 Å². The molecule has 1 atom stereocenters. The number of thioether (sulfide) groups is 1. The summed E-state index contributed by atoms with van der Waals surface area (Å²) in [6.45, 7) is 4.10. The molecule has 2 aromatic rings. The molecule has 2 rings (SSSR count). The fourth-order valence-electron chi connectivity index (χ4n) is 2.03. The molecule has 1 heterocycles. The van der Waals surface area contributed by atoms with E-state index in [-0.39, 0.29) is 24.3 Å². The van der Waals surface area contributed by atoms with Crippen LogP contribution in [-0.4, -0.2) is 29.2 Å². The molecule has 0 bridgehead atoms. The highest BCUT2D eigenvalue weighted by molar-refractivity contribution is 8.01. The highest BCUT2D eigenvalue weighted by atomic mass is 32.2. The van der Waals surface area contributed by atoms with Crippen molar-refractivity contribution in [3.63, 3.8) is 0 Å². The molecule has 0 aliphatic rings. The first-order valence-corrected chi connectivity index (χ1v) is 9.52. The third kappa shape index (κ3) is 5.98. The second-order valence-electron chi connectivity index (χ2n) is 5.08. The molecule has 0 saturated carbocycles. The van der Waals surface area contributed by atoms with Gasteiger partial charge in [0.1, 0.15) is 0 Å². The summed E-state index contributed by atoms with van der Waals surface area (Å²) in [5, 5.41) is 4.79. The van der Waals surface area contributed by atoms with Crippen molar-refractivity contribution in [3.8, 4) is 0 Å². The number of rotatable bonds is 8. The highest BCUT2D eigenvalue weighted by Gasteiger charge is 2.12. The lowest BCUT2D eigenvalue weighted by Crippen LogP contribution is -2.28. The van der Waals surface area contributed by atoms with Crippen molar-refractivity contribution in [3.05, 3.63) is 47.0 Å². The van der Waals surface area contributed by atoms with Crippen LogP contribution < -0.4 is 5.32 Å². The Kier molecular flexibility index (Phi) is 7.27. The van der Waals surface area contributed by atoms with Crippen molar-refractivity contribution in [1.29, 1.82) is 0 Å². The van der Waals surface area contributed by atoms with Gasteiger partial charge in [-0.25, -0.2) is 4.98 Å². The molecule has 1 amide bonds. The number of hydrogen-bond donors (Lipinski definition) is 1. The van der Waals surface area contributed by atoms with Crippen LogP contribution in [0.15, 0.2) is 40.1 Å². The van der Waals surface area contributed by atoms with Gasteiger partial charge in [0.05, 0.1) is 30.5 Å². The number of aromatic nitrogens is 1. The average molecular weight is 364 g/mol. The van der Waals surface area contributed by atoms with E-state index in [0.717, 1.165) is 9.90 Å². The summed E-state index contributed by atoms with van der Waals surface area (Å²) in [5.41, 5.74) is 1.75. The van der Waals surface area contributed by atoms with E-state index in [1.807, 2.05) is 42.6 Å². The molecule has 5 nitrogen and oxygen atoms in total. The third-order valence-corrected chi connectivity index (χ3v) is 5.24. The number of nitrogens with zero attached hydrogens (tertiary/aromatic N) is 1. The number of amides is 1. The number of thiazole rings is 1. The van der Waals surface area contributed by atoms with E-state index in [1.165, 1.54) is 23.1 Å². The Morgan fingerprint density at radius 1 is 1.33 bits per heavy atom. The Balaban J connectivity index is 1.78. The Morgan fingerprint density at radius 2 is 2.08 bits per heavy atom. The number of ether oxygens (including phenoxy) is 1. The minimum absolute atomic E-state index is 0.0324. The first kappa shape index (κ1) is 18.5. The van der Waals surface area contributed by atoms with Gasteiger partial charge in [0, 0.05) is 5.38 Å². The number of hydrogen-bond acceptors (Lipinski definition) is 6. The molecule has 1 unspecified atom stereocenters. The van der Waals surface area contributed by atoms with Crippen molar-refractivity contribution in [2.45, 2.75) is 30.6 Å². The van der Waals surface area contributed by atoms with Crippen molar-refractivity contribution < 1.29 is 14.3 Å². The first-order valence-electron chi connectivity index (χ1n) is 7.65. The van der Waals surface area contributed by atoms with Gasteiger partial charge >= 0.3 is 5.97 Å². The molecule has 1 aromatic heterocycles. The third-order valence-electron chi connectivity index (χ3n) is 3.17. The van der Waals surface area contributed by atoms with Crippen molar-refractivity contribution in [2.75, 3.05) is 12.4 Å². The number of carbonyl (C=O) groups is 2. The van der Waals surface area contributed by atoms with Gasteiger partial charge in [-0.15, -0.1) is 11.3 Å². The zero-order chi connectivity index (χ0) is 17.4. The number of benzene rings is 1. The van der Waals surface area contributed by atoms with Crippen LogP contribution in [0.2, 0.25) is 0 Å². The Hall–Kier alpha value is -1.86. The number of esters is 1. The fraction of sp³-hybridized carbons (Fsp3) is 0.353. The van der Waals surface area contributed by atoms with Gasteiger partial charge in [-0.3, -0.25) is 9.59 Å². The van der Waals surface area contributed by atoms with Crippen molar-refractivity contribution >= 4 is 35.0 Å². The normalized spacial score (nSPS) is 11.8. The van der Waals surface area contributed by atoms with Crippen LogP contribution in [0.1, 0.15) is 31.1 Å². The van der Waals surface area contributed by atoms with Crippen LogP contribution in [0.3, 0.4) is 0 Å². The molecule has 7 heteroatoms. The molecular formula is C17H20N2O3S2. The smallest absolute Gasteiger partial charge is 0.311 e. The Labute approximate surface area is 149 Å². The van der Waals surface area contributed by atoms with Crippen LogP contribution in [0.4, 0.5) is 0 Å². The SMILES string of the molecule is CCOC(=O)Cc1csc(SCC(=O)NC(C)c2ccccc2)n1. The quantitative estimate of drug-likeness (QED) is 0.575. The zero-order valence-electron chi connectivity index (χ0n) is 13.7. The maximum atomic E-state index is 12.0. The lowest BCUT2D eigenvalue weighted by atomic mass is 10.1. The monoisotopic (exact) mass is 364 g/mol. The fourth-order valence-corrected chi connectivity index (χ4v) is 3.69. The van der Waals surface area contributed by atoms with E-state index >= 15 is 0 Å². The molecule has 24 heavy (non-hydrogen) atoms. The van der Waals surface area contributed by atoms with Gasteiger partial charge in [-0.05, 0) is 19.4 Å². The van der Waals surface area contributed by atoms with Crippen molar-refractivity contribution in [2.24, 2.45) is 0 Å². The molecule has 0 saturated heterocycles. The van der Waals surface area contributed by atoms with Gasteiger partial charge in [0.2, 0.25) is 5.91 Å². The molecule has 0 spiro atoms. The first-order chi connectivity index (χ1) is 11.6. The second-order valence-corrected chi connectivity index (χ2v) is 7.16. The summed E-state index contributed by atoms with van der Waals surface area (Å²) >= 11 is 2.80. The van der Waals surface area contributed by atoms with Gasteiger partial charge in [-0.2, -0.15) is 0 Å². The van der Waals surface area contributed by atoms with Gasteiger partial charge in [-0.1, -0.05) is 42.1 Å². The molecule has 0 radical (unpaired) electrons. The van der Waals surface area contributed by atoms with Crippen LogP contribution >= 0.6 is 23.1 Å². The average Bonchev–Trinajstić information content (AvgIpc) is 3.01. The number of nitrogens with one attached hydrogen (secondary N) is 1. The summed E-state index contributed by atoms with van der Waals surface area (Å²) in [4.78, 5) is 27.8. The molecule has 1 N–H and O–H groups in total. The van der Waals surface area contributed by atoms with E-state index in [2.05, 4.69) is 10.3 Å². The summed E-state index contributed by atoms with van der Waals surface area (Å²) in [7, 11) is 0. The predicted octanol–water partition coefficient (Wildman–Crippen LogP) is 3.22. The van der Waals surface area contributed by atoms with E-state index < -0.39 is 0 Å². The molecular weight excluding hydrogens is 344 g/mol. The maximum Gasteiger partial charge on any atom is 0.311 e. The summed E-state index contributed by atoms with van der Waals surface area (Å²) in [6.07, 6.45) is 0.169. The Morgan fingerprint density at radius 3 is 2.79 bits per heavy atom. The lowest BCUT2D eigenvalue weighted by Gasteiger charge is -2.13. The highest BCUT2D eigenvalue weighted by Crippen LogP contribution is 2.23. The van der Waals surface area contributed by atoms with E-state index in [0.29, 0.717) is 18.1 Å². The molecule has 0 aliphatic heterocycles. The van der Waals surface area contributed by atoms with E-state index in [9.17, 15) is 9.59 Å². The predicted molar refractivity (Wildman–Crippen MR) is 96.2 cm³/mol. The van der Waals surface area contributed by atoms with Gasteiger partial charge < -0.3 is 10.1 Å². The van der Waals surface area contributed by atoms with Gasteiger partial charge in [0.15, 0.2) is 4.34 Å². The lowest BCUT2D eigenvalue weighted by molar-refractivity contribution is -0.142. The molecule has 0 fully saturated rings. The number of carbonyl (C=O) groups excluding carboxylic acids is 2. The largest absolute Gasteiger partial charge is 0.466 e. The standard InChI is InChI=1S/C17H20N2O3S2/c1-3-22-16(21)9-14-10-23-17(19-14)24-11-15(20)18-12(2)13-7-5-4-6-8-13/h4-8,10,12H,3,9,11H2,1-2H3,(H,18,20). The van der Waals surface area contributed by atoms with E-state index in [1.54, 1.807) is 6.92 Å². The minimum Gasteiger partial charge on any atom is -0.466 e. The maximum absolute atomic E-state index is 12.0. The van der Waals surface area contributed by atoms with Crippen LogP contribution in [0.5, 0.6) is 0 Å². The van der Waals surface area contributed by atoms with Crippen molar-refractivity contribution in [1.82, 2.24) is 10.3 Å². The zero-order valence-corrected chi connectivity index (χ0v) is 15.3. The molecule has 0 aliphatic carbocycles. The summed E-state index contributed by atoms with van der Waals surface area (Å²) < 4.78 is 5.67. The summed E-state index contributed by atoms with van der Waals surface area (Å²) in [5.74, 6) is -0.0314. The molecule has 1 aromatic carbocycles. The Bertz CT molecular complexity index is 673. The second kappa shape index (κ2) is 9.44. The van der Waals surface area contributed by atoms with E-state index in [4.69, 9.17) is 4.74 Å². The van der Waals surface area contributed by atoms with Crippen LogP contribution in [0, 0.1) is 0 Å². The molecule has 128 valence electrons. The summed E-state index contributed by atoms with van der Waals surface area (Å²) in [6, 6.07) is 9.79. The minimum atomic E-state index is -0.284. The topological polar surface area (TPSA) is 68.3 Å². The van der Waals surface area contributed by atoms with Crippen LogP contribution in [0.25, 0.3) is 0 Å². The van der Waals surface area contributed by atoms with Crippen LogP contribution in [-0.2, 0) is 20.7 Å².